The first-order valence-electron chi connectivity index (χ1n) is 2.86. The van der Waals surface area contributed by atoms with Gasteiger partial charge in [0.1, 0.15) is 0 Å². The molecule has 2 nitrogen and oxygen atoms in total. The van der Waals surface area contributed by atoms with Crippen LogP contribution in [-0.4, -0.2) is 18.2 Å². The molecule has 0 aromatic carbocycles. The molecule has 0 radical (unpaired) electrons. The Bertz CT molecular complexity index is 111. The molecule has 1 aliphatic carbocycles. The molecule has 1 rings (SSSR count). The fourth-order valence-corrected chi connectivity index (χ4v) is 0.962. The molecule has 0 aromatic heterocycles. The van der Waals surface area contributed by atoms with Crippen molar-refractivity contribution in [1.29, 1.82) is 0 Å². The molecule has 1 saturated carbocycles. The fourth-order valence-electron chi connectivity index (χ4n) is 0.962. The molecule has 8 heavy (non-hydrogen) atoms. The minimum atomic E-state index is -0.0677. The van der Waals surface area contributed by atoms with Gasteiger partial charge in [0.25, 0.3) is 0 Å². The molecule has 2 heteroatoms. The van der Waals surface area contributed by atoms with E-state index < -0.39 is 0 Å². The van der Waals surface area contributed by atoms with E-state index in [1.54, 1.807) is 7.11 Å². The van der Waals surface area contributed by atoms with Crippen molar-refractivity contribution in [2.75, 3.05) is 7.11 Å². The molecule has 2 unspecified atom stereocenters. The number of hydrogen-bond donors (Lipinski definition) is 1. The average molecular weight is 115 g/mol. The van der Waals surface area contributed by atoms with Crippen molar-refractivity contribution in [2.24, 2.45) is 5.73 Å². The fraction of sp³-hybridized carbons (Fsp3) is 1.00. The Balaban J connectivity index is 2.55. The standard InChI is InChI=1S/C6H13NO/c1-5(7)4-6(5,2)8-3/h4,7H2,1-3H3. The van der Waals surface area contributed by atoms with Crippen molar-refractivity contribution in [3.05, 3.63) is 0 Å². The smallest absolute Gasteiger partial charge is 0.0846 e. The molecule has 0 saturated heterocycles. The summed E-state index contributed by atoms with van der Waals surface area (Å²) in [5.41, 5.74) is 5.63. The molecule has 1 fully saturated rings. The van der Waals surface area contributed by atoms with E-state index >= 15 is 0 Å². The lowest BCUT2D eigenvalue weighted by Crippen LogP contribution is -2.30. The van der Waals surface area contributed by atoms with E-state index in [0.717, 1.165) is 6.42 Å². The first-order valence-corrected chi connectivity index (χ1v) is 2.86. The lowest BCUT2D eigenvalue weighted by atomic mass is 10.2. The van der Waals surface area contributed by atoms with Gasteiger partial charge in [-0.2, -0.15) is 0 Å². The van der Waals surface area contributed by atoms with Gasteiger partial charge in [-0.15, -0.1) is 0 Å². The Labute approximate surface area is 50.0 Å². The molecule has 2 atom stereocenters. The van der Waals surface area contributed by atoms with Gasteiger partial charge in [-0.3, -0.25) is 0 Å². The second-order valence-corrected chi connectivity index (χ2v) is 3.03. The highest BCUT2D eigenvalue weighted by Gasteiger charge is 2.59. The first-order chi connectivity index (χ1) is 3.52. The summed E-state index contributed by atoms with van der Waals surface area (Å²) in [6.07, 6.45) is 0.983. The van der Waals surface area contributed by atoms with Gasteiger partial charge in [-0.05, 0) is 20.3 Å². The highest BCUT2D eigenvalue weighted by atomic mass is 16.5. The predicted molar refractivity (Wildman–Crippen MR) is 32.6 cm³/mol. The van der Waals surface area contributed by atoms with E-state index in [0.29, 0.717) is 0 Å². The minimum Gasteiger partial charge on any atom is -0.377 e. The maximum Gasteiger partial charge on any atom is 0.0846 e. The predicted octanol–water partition coefficient (Wildman–Crippen LogP) is 0.513. The molecule has 0 aromatic rings. The van der Waals surface area contributed by atoms with E-state index in [4.69, 9.17) is 10.5 Å². The second kappa shape index (κ2) is 1.25. The van der Waals surface area contributed by atoms with Gasteiger partial charge in [0.05, 0.1) is 5.60 Å². The zero-order valence-corrected chi connectivity index (χ0v) is 5.69. The summed E-state index contributed by atoms with van der Waals surface area (Å²) < 4.78 is 5.14. The third kappa shape index (κ3) is 0.565. The van der Waals surface area contributed by atoms with Crippen molar-refractivity contribution in [3.8, 4) is 0 Å². The van der Waals surface area contributed by atoms with E-state index in [1.165, 1.54) is 0 Å². The van der Waals surface area contributed by atoms with Crippen LogP contribution in [0.3, 0.4) is 0 Å². The Kier molecular flexibility index (Phi) is 0.946. The quantitative estimate of drug-likeness (QED) is 0.540. The highest BCUT2D eigenvalue weighted by Crippen LogP contribution is 2.47. The minimum absolute atomic E-state index is 0.0347. The number of rotatable bonds is 1. The highest BCUT2D eigenvalue weighted by molar-refractivity contribution is 5.17. The lowest BCUT2D eigenvalue weighted by Gasteiger charge is -2.10. The molecule has 48 valence electrons. The summed E-state index contributed by atoms with van der Waals surface area (Å²) in [5.74, 6) is 0. The number of nitrogens with two attached hydrogens (primary N) is 1. The van der Waals surface area contributed by atoms with Gasteiger partial charge in [-0.1, -0.05) is 0 Å². The van der Waals surface area contributed by atoms with Crippen LogP contribution in [0, 0.1) is 0 Å². The molecule has 0 bridgehead atoms. The van der Waals surface area contributed by atoms with E-state index in [-0.39, 0.29) is 11.1 Å². The van der Waals surface area contributed by atoms with Crippen LogP contribution in [-0.2, 0) is 4.74 Å². The summed E-state index contributed by atoms with van der Waals surface area (Å²) in [6.45, 7) is 4.05. The summed E-state index contributed by atoms with van der Waals surface area (Å²) in [6, 6.07) is 0. The summed E-state index contributed by atoms with van der Waals surface area (Å²) in [4.78, 5) is 0. The molecule has 1 aliphatic rings. The Morgan fingerprint density at radius 1 is 1.50 bits per heavy atom. The van der Waals surface area contributed by atoms with Gasteiger partial charge >= 0.3 is 0 Å². The second-order valence-electron chi connectivity index (χ2n) is 3.03. The maximum absolute atomic E-state index is 5.73. The van der Waals surface area contributed by atoms with Gasteiger partial charge in [0.2, 0.25) is 0 Å². The van der Waals surface area contributed by atoms with Gasteiger partial charge in [-0.25, -0.2) is 0 Å². The maximum atomic E-state index is 5.73. The van der Waals surface area contributed by atoms with E-state index in [9.17, 15) is 0 Å². The first kappa shape index (κ1) is 6.05. The molecule has 0 amide bonds. The molecule has 0 heterocycles. The van der Waals surface area contributed by atoms with Crippen LogP contribution in [0.15, 0.2) is 0 Å². The molecular formula is C6H13NO. The topological polar surface area (TPSA) is 35.2 Å². The van der Waals surface area contributed by atoms with Crippen LogP contribution in [0.25, 0.3) is 0 Å². The van der Waals surface area contributed by atoms with Crippen molar-refractivity contribution in [1.82, 2.24) is 0 Å². The van der Waals surface area contributed by atoms with Crippen LogP contribution in [0.5, 0.6) is 0 Å². The number of hydrogen-bond acceptors (Lipinski definition) is 2. The summed E-state index contributed by atoms with van der Waals surface area (Å²) in [7, 11) is 1.71. The zero-order chi connectivity index (χ0) is 6.41. The monoisotopic (exact) mass is 115 g/mol. The van der Waals surface area contributed by atoms with Crippen molar-refractivity contribution < 1.29 is 4.74 Å². The third-order valence-electron chi connectivity index (χ3n) is 2.24. The summed E-state index contributed by atoms with van der Waals surface area (Å²) >= 11 is 0. The molecule has 0 spiro atoms. The van der Waals surface area contributed by atoms with Crippen molar-refractivity contribution in [2.45, 2.75) is 31.4 Å². The zero-order valence-electron chi connectivity index (χ0n) is 5.69. The average Bonchev–Trinajstić information content (AvgIpc) is 2.10. The SMILES string of the molecule is COC1(C)CC1(C)N. The van der Waals surface area contributed by atoms with Crippen molar-refractivity contribution in [3.63, 3.8) is 0 Å². The van der Waals surface area contributed by atoms with Gasteiger partial charge in [0.15, 0.2) is 0 Å². The van der Waals surface area contributed by atoms with Gasteiger partial charge in [0, 0.05) is 12.6 Å². The summed E-state index contributed by atoms with van der Waals surface area (Å²) in [5, 5.41) is 0. The van der Waals surface area contributed by atoms with Crippen LogP contribution >= 0.6 is 0 Å². The van der Waals surface area contributed by atoms with Crippen LogP contribution in [0.4, 0.5) is 0 Å². The van der Waals surface area contributed by atoms with Crippen LogP contribution in [0.2, 0.25) is 0 Å². The Morgan fingerprint density at radius 3 is 1.88 bits per heavy atom. The Hall–Kier alpha value is -0.0800. The van der Waals surface area contributed by atoms with E-state index in [1.807, 2.05) is 13.8 Å². The largest absolute Gasteiger partial charge is 0.377 e. The lowest BCUT2D eigenvalue weighted by molar-refractivity contribution is 0.0781. The molecular weight excluding hydrogens is 102 g/mol. The Morgan fingerprint density at radius 2 is 1.88 bits per heavy atom. The number of ether oxygens (including phenoxy) is 1. The molecule has 2 N–H and O–H groups in total. The normalized spacial score (nSPS) is 54.0. The third-order valence-corrected chi connectivity index (χ3v) is 2.24. The van der Waals surface area contributed by atoms with Gasteiger partial charge < -0.3 is 10.5 Å². The number of methoxy groups -OCH3 is 1. The van der Waals surface area contributed by atoms with Crippen LogP contribution < -0.4 is 5.73 Å². The molecule has 0 aliphatic heterocycles. The van der Waals surface area contributed by atoms with Crippen molar-refractivity contribution >= 4 is 0 Å². The van der Waals surface area contributed by atoms with Crippen LogP contribution in [0.1, 0.15) is 20.3 Å². The van der Waals surface area contributed by atoms with E-state index in [2.05, 4.69) is 0 Å².